The van der Waals surface area contributed by atoms with Gasteiger partial charge in [-0.15, -0.1) is 0 Å². The van der Waals surface area contributed by atoms with Gasteiger partial charge < -0.3 is 10.1 Å². The summed E-state index contributed by atoms with van der Waals surface area (Å²) in [6.45, 7) is 3.07. The van der Waals surface area contributed by atoms with Crippen LogP contribution in [0.5, 0.6) is 0 Å². The molecule has 27 heavy (non-hydrogen) atoms. The summed E-state index contributed by atoms with van der Waals surface area (Å²) in [5.74, 6) is -1.36. The molecule has 0 unspecified atom stereocenters. The largest absolute Gasteiger partial charge is 0.455 e. The number of ether oxygens (including phenoxy) is 1. The van der Waals surface area contributed by atoms with Gasteiger partial charge in [0, 0.05) is 17.1 Å². The molecule has 1 aromatic carbocycles. The van der Waals surface area contributed by atoms with Gasteiger partial charge in [-0.1, -0.05) is 11.8 Å². The summed E-state index contributed by atoms with van der Waals surface area (Å²) in [6.07, 6.45) is -4.45. The van der Waals surface area contributed by atoms with E-state index in [0.717, 1.165) is 47.4 Å². The van der Waals surface area contributed by atoms with Crippen molar-refractivity contribution in [3.8, 4) is 0 Å². The van der Waals surface area contributed by atoms with Crippen molar-refractivity contribution in [3.05, 3.63) is 47.3 Å². The molecule has 1 aromatic heterocycles. The topological polar surface area (TPSA) is 81.2 Å². The Hall–Kier alpha value is -2.62. The van der Waals surface area contributed by atoms with Crippen molar-refractivity contribution in [1.82, 2.24) is 9.97 Å². The molecule has 0 aliphatic heterocycles. The number of hydrogen-bond acceptors (Lipinski definition) is 6. The molecular formula is C17H16F3N3O3S. The highest BCUT2D eigenvalue weighted by atomic mass is 32.2. The number of nitrogens with one attached hydrogen (secondary N) is 1. The number of halogens is 3. The second-order valence-electron chi connectivity index (χ2n) is 5.51. The molecule has 0 aliphatic rings. The van der Waals surface area contributed by atoms with E-state index in [9.17, 15) is 22.8 Å². The summed E-state index contributed by atoms with van der Waals surface area (Å²) >= 11 is 1.08. The number of aryl methyl sites for hydroxylation is 2. The molecule has 2 aromatic rings. The number of thioether (sulfide) groups is 1. The number of anilines is 1. The smallest absolute Gasteiger partial charge is 0.416 e. The third-order valence-electron chi connectivity index (χ3n) is 3.14. The third kappa shape index (κ3) is 6.89. The second kappa shape index (κ2) is 8.85. The van der Waals surface area contributed by atoms with Crippen molar-refractivity contribution in [2.75, 3.05) is 17.7 Å². The van der Waals surface area contributed by atoms with Crippen LogP contribution in [0.2, 0.25) is 0 Å². The zero-order valence-electron chi connectivity index (χ0n) is 14.5. The minimum atomic E-state index is -4.45. The van der Waals surface area contributed by atoms with E-state index in [2.05, 4.69) is 15.3 Å². The molecule has 0 fully saturated rings. The standard InChI is InChI=1S/C17H16F3N3O3S/c1-10-7-11(2)22-16(21-10)27-9-15(25)26-8-14(24)23-13-5-3-12(4-6-13)17(18,19)20/h3-7H,8-9H2,1-2H3,(H,23,24). The molecule has 0 atom stereocenters. The average Bonchev–Trinajstić information content (AvgIpc) is 2.57. The number of amides is 1. The summed E-state index contributed by atoms with van der Waals surface area (Å²) in [6, 6.07) is 5.74. The van der Waals surface area contributed by atoms with E-state index in [1.165, 1.54) is 0 Å². The quantitative estimate of drug-likeness (QED) is 0.456. The Kier molecular flexibility index (Phi) is 6.78. The second-order valence-corrected chi connectivity index (χ2v) is 6.45. The van der Waals surface area contributed by atoms with Crippen molar-refractivity contribution in [2.45, 2.75) is 25.2 Å². The van der Waals surface area contributed by atoms with Crippen LogP contribution in [-0.2, 0) is 20.5 Å². The maximum Gasteiger partial charge on any atom is 0.416 e. The van der Waals surface area contributed by atoms with Gasteiger partial charge in [0.25, 0.3) is 5.91 Å². The van der Waals surface area contributed by atoms with Crippen LogP contribution < -0.4 is 5.32 Å². The van der Waals surface area contributed by atoms with E-state index in [0.29, 0.717) is 5.16 Å². The summed E-state index contributed by atoms with van der Waals surface area (Å²) in [5.41, 5.74) is 0.892. The lowest BCUT2D eigenvalue weighted by Gasteiger charge is -2.09. The number of aromatic nitrogens is 2. The van der Waals surface area contributed by atoms with Crippen LogP contribution in [-0.4, -0.2) is 34.2 Å². The molecule has 1 amide bonds. The summed E-state index contributed by atoms with van der Waals surface area (Å²) in [7, 11) is 0. The van der Waals surface area contributed by atoms with Gasteiger partial charge in [0.2, 0.25) is 0 Å². The maximum absolute atomic E-state index is 12.5. The van der Waals surface area contributed by atoms with Crippen LogP contribution in [0.4, 0.5) is 18.9 Å². The summed E-state index contributed by atoms with van der Waals surface area (Å²) < 4.78 is 42.3. The fraction of sp³-hybridized carbons (Fsp3) is 0.294. The van der Waals surface area contributed by atoms with E-state index in [-0.39, 0.29) is 11.4 Å². The molecule has 0 bridgehead atoms. The molecule has 0 aliphatic carbocycles. The third-order valence-corrected chi connectivity index (χ3v) is 3.96. The lowest BCUT2D eigenvalue weighted by atomic mass is 10.2. The van der Waals surface area contributed by atoms with Crippen LogP contribution in [0.1, 0.15) is 17.0 Å². The van der Waals surface area contributed by atoms with Gasteiger partial charge in [-0.05, 0) is 44.2 Å². The number of alkyl halides is 3. The molecule has 10 heteroatoms. The Morgan fingerprint density at radius 2 is 1.70 bits per heavy atom. The van der Waals surface area contributed by atoms with Gasteiger partial charge in [0.1, 0.15) is 0 Å². The number of nitrogens with zero attached hydrogens (tertiary/aromatic N) is 2. The zero-order chi connectivity index (χ0) is 20.0. The Morgan fingerprint density at radius 1 is 1.11 bits per heavy atom. The molecule has 144 valence electrons. The maximum atomic E-state index is 12.5. The number of hydrogen-bond donors (Lipinski definition) is 1. The first-order chi connectivity index (χ1) is 12.6. The van der Waals surface area contributed by atoms with Crippen LogP contribution >= 0.6 is 11.8 Å². The van der Waals surface area contributed by atoms with Crippen molar-refractivity contribution >= 4 is 29.3 Å². The van der Waals surface area contributed by atoms with E-state index in [1.54, 1.807) is 6.07 Å². The van der Waals surface area contributed by atoms with Crippen LogP contribution in [0, 0.1) is 13.8 Å². The first kappa shape index (κ1) is 20.7. The molecule has 2 rings (SSSR count). The zero-order valence-corrected chi connectivity index (χ0v) is 15.3. The van der Waals surface area contributed by atoms with Crippen LogP contribution in [0.15, 0.2) is 35.5 Å². The molecule has 0 radical (unpaired) electrons. The molecule has 0 saturated heterocycles. The van der Waals surface area contributed by atoms with Gasteiger partial charge in [-0.25, -0.2) is 9.97 Å². The molecule has 6 nitrogen and oxygen atoms in total. The average molecular weight is 399 g/mol. The van der Waals surface area contributed by atoms with Crippen molar-refractivity contribution in [2.24, 2.45) is 0 Å². The fourth-order valence-electron chi connectivity index (χ4n) is 2.01. The summed E-state index contributed by atoms with van der Waals surface area (Å²) in [4.78, 5) is 31.7. The van der Waals surface area contributed by atoms with E-state index >= 15 is 0 Å². The minimum Gasteiger partial charge on any atom is -0.455 e. The molecule has 1 N–H and O–H groups in total. The SMILES string of the molecule is Cc1cc(C)nc(SCC(=O)OCC(=O)Nc2ccc(C(F)(F)F)cc2)n1. The lowest BCUT2D eigenvalue weighted by molar-refractivity contribution is -0.144. The number of rotatable bonds is 6. The molecule has 1 heterocycles. The predicted octanol–water partition coefficient (Wildman–Crippen LogP) is 3.39. The highest BCUT2D eigenvalue weighted by Gasteiger charge is 2.30. The van der Waals surface area contributed by atoms with E-state index in [4.69, 9.17) is 4.74 Å². The minimum absolute atomic E-state index is 0.0730. The molecule has 0 saturated carbocycles. The van der Waals surface area contributed by atoms with Crippen LogP contribution in [0.3, 0.4) is 0 Å². The van der Waals surface area contributed by atoms with Crippen LogP contribution in [0.25, 0.3) is 0 Å². The number of carbonyl (C=O) groups excluding carboxylic acids is 2. The first-order valence-corrected chi connectivity index (χ1v) is 8.70. The first-order valence-electron chi connectivity index (χ1n) is 7.71. The fourth-order valence-corrected chi connectivity index (χ4v) is 2.76. The number of esters is 1. The van der Waals surface area contributed by atoms with Crippen molar-refractivity contribution < 1.29 is 27.5 Å². The molecular weight excluding hydrogens is 383 g/mol. The van der Waals surface area contributed by atoms with Gasteiger partial charge in [0.15, 0.2) is 11.8 Å². The van der Waals surface area contributed by atoms with Gasteiger partial charge in [0.05, 0.1) is 11.3 Å². The highest BCUT2D eigenvalue weighted by molar-refractivity contribution is 7.99. The van der Waals surface area contributed by atoms with Gasteiger partial charge in [-0.3, -0.25) is 9.59 Å². The normalized spacial score (nSPS) is 11.1. The van der Waals surface area contributed by atoms with Gasteiger partial charge >= 0.3 is 12.1 Å². The number of benzene rings is 1. The van der Waals surface area contributed by atoms with Gasteiger partial charge in [-0.2, -0.15) is 13.2 Å². The van der Waals surface area contributed by atoms with Crippen molar-refractivity contribution in [1.29, 1.82) is 0 Å². The van der Waals surface area contributed by atoms with E-state index < -0.39 is 30.2 Å². The Bertz CT molecular complexity index is 806. The Morgan fingerprint density at radius 3 is 2.26 bits per heavy atom. The Balaban J connectivity index is 1.77. The monoisotopic (exact) mass is 399 g/mol. The molecule has 0 spiro atoms. The lowest BCUT2D eigenvalue weighted by Crippen LogP contribution is -2.21. The van der Waals surface area contributed by atoms with E-state index in [1.807, 2.05) is 13.8 Å². The van der Waals surface area contributed by atoms with Crippen molar-refractivity contribution in [3.63, 3.8) is 0 Å². The highest BCUT2D eigenvalue weighted by Crippen LogP contribution is 2.29. The predicted molar refractivity (Wildman–Crippen MR) is 93.3 cm³/mol. The summed E-state index contributed by atoms with van der Waals surface area (Å²) in [5, 5.41) is 2.78. The Labute approximate surface area is 157 Å². The number of carbonyl (C=O) groups is 2.